The molecule has 2 heterocycles. The van der Waals surface area contributed by atoms with Crippen LogP contribution in [0.3, 0.4) is 0 Å². The molecule has 1 aromatic carbocycles. The number of carboxylic acids is 1. The number of carbonyl (C=O) groups is 2. The number of phenols is 1. The molecule has 1 unspecified atom stereocenters. The smallest absolute Gasteiger partial charge is 0.451 e. The van der Waals surface area contributed by atoms with Gasteiger partial charge in [-0.2, -0.15) is 0 Å². The number of aromatic hydroxyl groups is 1. The second kappa shape index (κ2) is 9.44. The lowest BCUT2D eigenvalue weighted by Crippen LogP contribution is -2.57. The Kier molecular flexibility index (Phi) is 6.96. The third-order valence-corrected chi connectivity index (χ3v) is 5.01. The van der Waals surface area contributed by atoms with Crippen LogP contribution in [0, 0.1) is 0 Å². The number of rotatable bonds is 8. The van der Waals surface area contributed by atoms with Crippen molar-refractivity contribution in [1.29, 1.82) is 0 Å². The number of ether oxygens (including phenoxy) is 2. The molecule has 0 aliphatic carbocycles. The quantitative estimate of drug-likeness (QED) is 0.344. The van der Waals surface area contributed by atoms with Gasteiger partial charge in [-0.1, -0.05) is 6.07 Å². The fraction of sp³-hybridized carbons (Fsp3) is 0.556. The van der Waals surface area contributed by atoms with E-state index in [9.17, 15) is 19.8 Å². The summed E-state index contributed by atoms with van der Waals surface area (Å²) in [5, 5.41) is 40.8. The molecule has 0 bridgehead atoms. The van der Waals surface area contributed by atoms with Gasteiger partial charge in [0.1, 0.15) is 23.2 Å². The first-order valence-electron chi connectivity index (χ1n) is 9.56. The zero-order valence-corrected chi connectivity index (χ0v) is 15.9. The largest absolute Gasteiger partial charge is 0.507 e. The van der Waals surface area contributed by atoms with E-state index >= 15 is 0 Å². The Morgan fingerprint density at radius 1 is 1.31 bits per heavy atom. The van der Waals surface area contributed by atoms with Gasteiger partial charge in [0, 0.05) is 13.1 Å². The molecule has 0 spiro atoms. The van der Waals surface area contributed by atoms with E-state index in [1.165, 1.54) is 12.1 Å². The Labute approximate surface area is 168 Å². The maximum absolute atomic E-state index is 12.3. The molecule has 11 heteroatoms. The molecular formula is C18H25BN2O8. The van der Waals surface area contributed by atoms with Crippen molar-refractivity contribution >= 4 is 19.0 Å². The van der Waals surface area contributed by atoms with E-state index in [4.69, 9.17) is 19.5 Å². The van der Waals surface area contributed by atoms with Crippen molar-refractivity contribution in [2.75, 3.05) is 32.8 Å². The summed E-state index contributed by atoms with van der Waals surface area (Å²) >= 11 is 0. The number of carboxylic acid groups (broad SMARTS) is 1. The van der Waals surface area contributed by atoms with Crippen LogP contribution in [0.15, 0.2) is 12.1 Å². The van der Waals surface area contributed by atoms with Crippen LogP contribution in [-0.4, -0.2) is 89.1 Å². The van der Waals surface area contributed by atoms with Gasteiger partial charge in [0.05, 0.1) is 32.2 Å². The molecule has 3 rings (SSSR count). The molecule has 158 valence electrons. The van der Waals surface area contributed by atoms with Gasteiger partial charge in [0.15, 0.2) is 0 Å². The molecule has 5 N–H and O–H groups in total. The molecule has 0 saturated carbocycles. The zero-order chi connectivity index (χ0) is 21.0. The van der Waals surface area contributed by atoms with Crippen molar-refractivity contribution in [1.82, 2.24) is 10.2 Å². The van der Waals surface area contributed by atoms with Crippen LogP contribution in [-0.2, 0) is 16.0 Å². The fourth-order valence-corrected chi connectivity index (χ4v) is 3.38. The number of hydrogen-bond donors (Lipinski definition) is 5. The van der Waals surface area contributed by atoms with Gasteiger partial charge in [-0.15, -0.1) is 0 Å². The lowest BCUT2D eigenvalue weighted by atomic mass is 9.82. The number of morpholine rings is 1. The molecule has 1 aromatic rings. The summed E-state index contributed by atoms with van der Waals surface area (Å²) in [5.74, 6) is -1.83. The summed E-state index contributed by atoms with van der Waals surface area (Å²) in [6.45, 7) is 2.66. The van der Waals surface area contributed by atoms with Gasteiger partial charge in [-0.05, 0) is 24.4 Å². The topological polar surface area (TPSA) is 149 Å². The number of carbonyl (C=O) groups excluding carboxylic acids is 1. The Morgan fingerprint density at radius 3 is 2.69 bits per heavy atom. The number of hydrogen-bond acceptors (Lipinski definition) is 8. The van der Waals surface area contributed by atoms with E-state index < -0.39 is 18.8 Å². The van der Waals surface area contributed by atoms with Gasteiger partial charge in [-0.25, -0.2) is 4.79 Å². The van der Waals surface area contributed by atoms with Gasteiger partial charge in [0.25, 0.3) is 0 Å². The van der Waals surface area contributed by atoms with E-state index in [0.717, 1.165) is 6.54 Å². The molecule has 2 aliphatic rings. The summed E-state index contributed by atoms with van der Waals surface area (Å²) in [6, 6.07) is 2.93. The van der Waals surface area contributed by atoms with Crippen LogP contribution >= 0.6 is 0 Å². The minimum atomic E-state index is -1.55. The summed E-state index contributed by atoms with van der Waals surface area (Å²) < 4.78 is 11.2. The van der Waals surface area contributed by atoms with Crippen molar-refractivity contribution in [2.24, 2.45) is 0 Å². The van der Waals surface area contributed by atoms with Crippen molar-refractivity contribution in [3.63, 3.8) is 0 Å². The maximum atomic E-state index is 12.3. The highest BCUT2D eigenvalue weighted by molar-refractivity contribution is 6.41. The number of benzene rings is 1. The van der Waals surface area contributed by atoms with E-state index in [-0.39, 0.29) is 54.2 Å². The highest BCUT2D eigenvalue weighted by atomic mass is 16.5. The molecule has 29 heavy (non-hydrogen) atoms. The molecule has 2 fully saturated rings. The van der Waals surface area contributed by atoms with Crippen molar-refractivity contribution in [3.8, 4) is 11.5 Å². The van der Waals surface area contributed by atoms with Gasteiger partial charge in [-0.3, -0.25) is 4.79 Å². The number of nitrogens with zero attached hydrogens (tertiary/aromatic N) is 1. The van der Waals surface area contributed by atoms with E-state index in [1.54, 1.807) is 4.90 Å². The lowest BCUT2D eigenvalue weighted by Gasteiger charge is -2.40. The second-order valence-corrected chi connectivity index (χ2v) is 7.21. The predicted molar refractivity (Wildman–Crippen MR) is 102 cm³/mol. The maximum Gasteiger partial charge on any atom is 0.451 e. The Hall–Kier alpha value is -2.34. The Morgan fingerprint density at radius 2 is 2.07 bits per heavy atom. The van der Waals surface area contributed by atoms with Crippen molar-refractivity contribution in [2.45, 2.75) is 31.4 Å². The molecule has 10 nitrogen and oxygen atoms in total. The van der Waals surface area contributed by atoms with Gasteiger partial charge < -0.3 is 40.0 Å². The summed E-state index contributed by atoms with van der Waals surface area (Å²) in [4.78, 5) is 25.5. The number of amides is 1. The van der Waals surface area contributed by atoms with Gasteiger partial charge in [0.2, 0.25) is 5.91 Å². The molecule has 0 aromatic heterocycles. The van der Waals surface area contributed by atoms with Gasteiger partial charge >= 0.3 is 13.1 Å². The first-order valence-corrected chi connectivity index (χ1v) is 9.56. The van der Waals surface area contributed by atoms with Crippen LogP contribution in [0.5, 0.6) is 11.5 Å². The third kappa shape index (κ3) is 5.38. The Balaban J connectivity index is 1.57. The molecule has 1 atom stereocenters. The molecule has 1 amide bonds. The van der Waals surface area contributed by atoms with Crippen LogP contribution < -0.4 is 10.1 Å². The standard InChI is InChI=1S/C18H25BN2O8/c22-15(7-12-8-20-5-6-28-12)21-9-13(10-21)29-14-2-1-11(3-4-19(26)27)17(23)16(14)18(24)25/h1-2,12-13,20,23,26-27H,3-10H2,(H,24,25). The average Bonchev–Trinajstić information content (AvgIpc) is 2.63. The lowest BCUT2D eigenvalue weighted by molar-refractivity contribution is -0.143. The zero-order valence-electron chi connectivity index (χ0n) is 15.9. The summed E-state index contributed by atoms with van der Waals surface area (Å²) in [7, 11) is -1.55. The van der Waals surface area contributed by atoms with Crippen molar-refractivity contribution in [3.05, 3.63) is 23.3 Å². The first kappa shape index (κ1) is 21.4. The summed E-state index contributed by atoms with van der Waals surface area (Å²) in [6.07, 6.45) is -0.156. The molecular weight excluding hydrogens is 383 g/mol. The van der Waals surface area contributed by atoms with Crippen LogP contribution in [0.2, 0.25) is 6.32 Å². The number of likely N-dealkylation sites (tertiary alicyclic amines) is 1. The number of nitrogens with one attached hydrogen (secondary N) is 1. The predicted octanol–water partition coefficient (Wildman–Crippen LogP) is -0.926. The number of aryl methyl sites for hydroxylation is 1. The fourth-order valence-electron chi connectivity index (χ4n) is 3.38. The SMILES string of the molecule is O=C(O)c1c(OC2CN(C(=O)CC3CNCCO3)C2)ccc(CCB(O)O)c1O. The third-order valence-electron chi connectivity index (χ3n) is 5.01. The van der Waals surface area contributed by atoms with E-state index in [1.807, 2.05) is 0 Å². The minimum Gasteiger partial charge on any atom is -0.507 e. The normalized spacial score (nSPS) is 19.5. The van der Waals surface area contributed by atoms with E-state index in [0.29, 0.717) is 26.2 Å². The van der Waals surface area contributed by atoms with Crippen LogP contribution in [0.4, 0.5) is 0 Å². The van der Waals surface area contributed by atoms with E-state index in [2.05, 4.69) is 5.32 Å². The van der Waals surface area contributed by atoms with Crippen molar-refractivity contribution < 1.29 is 39.3 Å². The highest BCUT2D eigenvalue weighted by Gasteiger charge is 2.35. The highest BCUT2D eigenvalue weighted by Crippen LogP contribution is 2.34. The monoisotopic (exact) mass is 408 g/mol. The average molecular weight is 408 g/mol. The molecule has 0 radical (unpaired) electrons. The minimum absolute atomic E-state index is 0.0141. The van der Waals surface area contributed by atoms with Crippen LogP contribution in [0.25, 0.3) is 0 Å². The van der Waals surface area contributed by atoms with Crippen LogP contribution in [0.1, 0.15) is 22.3 Å². The molecule has 2 saturated heterocycles. The first-order chi connectivity index (χ1) is 13.8. The summed E-state index contributed by atoms with van der Waals surface area (Å²) in [5.41, 5.74) is -0.0873. The number of aromatic carboxylic acids is 1. The Bertz CT molecular complexity index is 748. The molecule has 2 aliphatic heterocycles. The second-order valence-electron chi connectivity index (χ2n) is 7.21.